The molecule has 0 radical (unpaired) electrons. The monoisotopic (exact) mass is 412 g/mol. The molecule has 22 heavy (non-hydrogen) atoms. The number of ether oxygens (including phenoxy) is 1. The Bertz CT molecular complexity index is 580. The maximum atomic E-state index is 12.8. The van der Waals surface area contributed by atoms with E-state index in [1.54, 1.807) is 0 Å². The van der Waals surface area contributed by atoms with Gasteiger partial charge in [-0.05, 0) is 55.2 Å². The van der Waals surface area contributed by atoms with Gasteiger partial charge in [-0.3, -0.25) is 4.79 Å². The third-order valence-electron chi connectivity index (χ3n) is 5.26. The van der Waals surface area contributed by atoms with Crippen molar-refractivity contribution in [1.82, 2.24) is 0 Å². The summed E-state index contributed by atoms with van der Waals surface area (Å²) >= 11 is 2.33. The second kappa shape index (κ2) is 6.49. The number of hydrogen-bond donors (Lipinski definition) is 0. The Balaban J connectivity index is 2.32. The summed E-state index contributed by atoms with van der Waals surface area (Å²) in [6, 6.07) is 0. The SMILES string of the molecule is C=C[C@]1(C)C(I)=C2C(=O)C[C@](C)(CCC#CC)O[C@H]2C[C@H]1C. The zero-order valence-corrected chi connectivity index (χ0v) is 16.1. The van der Waals surface area contributed by atoms with Crippen molar-refractivity contribution in [1.29, 1.82) is 0 Å². The molecule has 0 aromatic rings. The first-order valence-corrected chi connectivity index (χ1v) is 8.99. The standard InChI is InChI=1S/C19H25IO2/c1-6-8-9-10-18(4)12-14(21)16-15(22-18)11-13(3)19(5,7-2)17(16)20/h7,13,15H,2,9-12H2,1,3-5H3/t13-,15+,18+,19+/m1/s1. The molecular weight excluding hydrogens is 387 g/mol. The van der Waals surface area contributed by atoms with Crippen LogP contribution in [0.3, 0.4) is 0 Å². The van der Waals surface area contributed by atoms with E-state index >= 15 is 0 Å². The third-order valence-corrected chi connectivity index (χ3v) is 7.01. The summed E-state index contributed by atoms with van der Waals surface area (Å²) in [6.45, 7) is 12.3. The van der Waals surface area contributed by atoms with E-state index < -0.39 is 0 Å². The average Bonchev–Trinajstić information content (AvgIpc) is 2.44. The number of Topliss-reactive ketones (excluding diaryl/α,β-unsaturated/α-hetero) is 1. The maximum absolute atomic E-state index is 12.8. The zero-order valence-electron chi connectivity index (χ0n) is 14.0. The van der Waals surface area contributed by atoms with E-state index in [-0.39, 0.29) is 22.9 Å². The molecule has 0 spiro atoms. The Hall–Kier alpha value is -0.600. The minimum atomic E-state index is -0.381. The van der Waals surface area contributed by atoms with E-state index in [0.717, 1.165) is 28.4 Å². The van der Waals surface area contributed by atoms with Crippen molar-refractivity contribution in [2.24, 2.45) is 11.3 Å². The maximum Gasteiger partial charge on any atom is 0.165 e. The number of fused-ring (bicyclic) bond motifs is 1. The van der Waals surface area contributed by atoms with E-state index in [1.807, 2.05) is 13.0 Å². The summed E-state index contributed by atoms with van der Waals surface area (Å²) < 4.78 is 7.50. The van der Waals surface area contributed by atoms with Crippen LogP contribution in [-0.2, 0) is 9.53 Å². The van der Waals surface area contributed by atoms with Crippen molar-refractivity contribution >= 4 is 28.4 Å². The quantitative estimate of drug-likeness (QED) is 0.377. The van der Waals surface area contributed by atoms with Crippen molar-refractivity contribution in [3.8, 4) is 11.8 Å². The molecule has 2 nitrogen and oxygen atoms in total. The predicted octanol–water partition coefficient (Wildman–Crippen LogP) is 4.83. The zero-order chi connectivity index (χ0) is 16.5. The third kappa shape index (κ3) is 3.05. The lowest BCUT2D eigenvalue weighted by Gasteiger charge is -2.47. The van der Waals surface area contributed by atoms with Crippen molar-refractivity contribution in [2.75, 3.05) is 0 Å². The number of carbonyl (C=O) groups is 1. The lowest BCUT2D eigenvalue weighted by atomic mass is 9.67. The fourth-order valence-electron chi connectivity index (χ4n) is 3.45. The fraction of sp³-hybridized carbons (Fsp3) is 0.632. The van der Waals surface area contributed by atoms with Crippen LogP contribution in [0.15, 0.2) is 21.8 Å². The fourth-order valence-corrected chi connectivity index (χ4v) is 4.85. The molecule has 120 valence electrons. The highest BCUT2D eigenvalue weighted by atomic mass is 127. The van der Waals surface area contributed by atoms with E-state index in [0.29, 0.717) is 12.3 Å². The molecule has 1 aliphatic heterocycles. The van der Waals surface area contributed by atoms with Gasteiger partial charge in [0.25, 0.3) is 0 Å². The summed E-state index contributed by atoms with van der Waals surface area (Å²) in [6.07, 6.45) is 4.84. The molecule has 2 aliphatic rings. The van der Waals surface area contributed by atoms with Crippen molar-refractivity contribution < 1.29 is 9.53 Å². The molecule has 0 unspecified atom stereocenters. The minimum Gasteiger partial charge on any atom is -0.367 e. The van der Waals surface area contributed by atoms with Gasteiger partial charge in [-0.25, -0.2) is 0 Å². The molecule has 1 aliphatic carbocycles. The van der Waals surface area contributed by atoms with Gasteiger partial charge in [0.05, 0.1) is 11.7 Å². The van der Waals surface area contributed by atoms with E-state index in [1.165, 1.54) is 0 Å². The summed E-state index contributed by atoms with van der Waals surface area (Å²) in [7, 11) is 0. The highest BCUT2D eigenvalue weighted by Crippen LogP contribution is 2.52. The molecule has 0 aromatic heterocycles. The van der Waals surface area contributed by atoms with Crippen molar-refractivity contribution in [3.63, 3.8) is 0 Å². The molecule has 1 saturated heterocycles. The van der Waals surface area contributed by atoms with Gasteiger partial charge in [0, 0.05) is 27.4 Å². The predicted molar refractivity (Wildman–Crippen MR) is 98.7 cm³/mol. The van der Waals surface area contributed by atoms with Crippen LogP contribution in [0.4, 0.5) is 0 Å². The number of carbonyl (C=O) groups excluding carboxylic acids is 1. The topological polar surface area (TPSA) is 26.3 Å². The van der Waals surface area contributed by atoms with Gasteiger partial charge in [-0.2, -0.15) is 0 Å². The molecule has 0 N–H and O–H groups in total. The van der Waals surface area contributed by atoms with Crippen LogP contribution in [0.1, 0.15) is 53.4 Å². The Morgan fingerprint density at radius 1 is 1.50 bits per heavy atom. The molecule has 1 fully saturated rings. The summed E-state index contributed by atoms with van der Waals surface area (Å²) in [5.74, 6) is 6.65. The van der Waals surface area contributed by atoms with E-state index in [2.05, 4.69) is 61.8 Å². The first-order chi connectivity index (χ1) is 10.3. The number of allylic oxidation sites excluding steroid dienone is 2. The van der Waals surface area contributed by atoms with Crippen molar-refractivity contribution in [3.05, 3.63) is 21.8 Å². The second-order valence-electron chi connectivity index (χ2n) is 6.93. The highest BCUT2D eigenvalue weighted by molar-refractivity contribution is 14.1. The molecule has 0 bridgehead atoms. The normalized spacial score (nSPS) is 38.1. The van der Waals surface area contributed by atoms with Crippen LogP contribution in [0.5, 0.6) is 0 Å². The number of rotatable bonds is 3. The van der Waals surface area contributed by atoms with Gasteiger partial charge < -0.3 is 4.74 Å². The Labute approximate surface area is 147 Å². The van der Waals surface area contributed by atoms with Crippen LogP contribution in [-0.4, -0.2) is 17.5 Å². The average molecular weight is 412 g/mol. The largest absolute Gasteiger partial charge is 0.367 e. The molecular formula is C19H25IO2. The van der Waals surface area contributed by atoms with Gasteiger partial charge >= 0.3 is 0 Å². The van der Waals surface area contributed by atoms with Gasteiger partial charge in [-0.1, -0.05) is 19.9 Å². The molecule has 1 heterocycles. The number of halogens is 1. The van der Waals surface area contributed by atoms with Crippen LogP contribution >= 0.6 is 22.6 Å². The van der Waals surface area contributed by atoms with Crippen LogP contribution in [0.25, 0.3) is 0 Å². The molecule has 2 rings (SSSR count). The molecule has 4 atom stereocenters. The van der Waals surface area contributed by atoms with Gasteiger partial charge in [0.2, 0.25) is 0 Å². The van der Waals surface area contributed by atoms with Gasteiger partial charge in [0.1, 0.15) is 0 Å². The Morgan fingerprint density at radius 2 is 2.18 bits per heavy atom. The first-order valence-electron chi connectivity index (χ1n) is 7.92. The number of ketones is 1. The first kappa shape index (κ1) is 17.7. The molecule has 0 aromatic carbocycles. The van der Waals surface area contributed by atoms with Crippen molar-refractivity contribution in [2.45, 2.75) is 65.1 Å². The van der Waals surface area contributed by atoms with E-state index in [9.17, 15) is 4.79 Å². The van der Waals surface area contributed by atoms with Crippen LogP contribution < -0.4 is 0 Å². The van der Waals surface area contributed by atoms with Gasteiger partial charge in [0.15, 0.2) is 5.78 Å². The van der Waals surface area contributed by atoms with E-state index in [4.69, 9.17) is 4.74 Å². The molecule has 3 heteroatoms. The van der Waals surface area contributed by atoms with Gasteiger partial charge in [-0.15, -0.1) is 18.4 Å². The summed E-state index contributed by atoms with van der Waals surface area (Å²) in [5, 5.41) is 0. The molecule has 0 saturated carbocycles. The number of hydrogen-bond acceptors (Lipinski definition) is 2. The smallest absolute Gasteiger partial charge is 0.165 e. The lowest BCUT2D eigenvalue weighted by molar-refractivity contribution is -0.144. The summed E-state index contributed by atoms with van der Waals surface area (Å²) in [5.41, 5.74) is 0.390. The van der Waals surface area contributed by atoms with Crippen LogP contribution in [0, 0.1) is 23.2 Å². The molecule has 0 amide bonds. The minimum absolute atomic E-state index is 0.0734. The Kier molecular flexibility index (Phi) is 5.23. The Morgan fingerprint density at radius 3 is 2.77 bits per heavy atom. The summed E-state index contributed by atoms with van der Waals surface area (Å²) in [4.78, 5) is 12.8. The van der Waals surface area contributed by atoms with Crippen LogP contribution in [0.2, 0.25) is 0 Å². The second-order valence-corrected chi connectivity index (χ2v) is 8.01. The lowest BCUT2D eigenvalue weighted by Crippen LogP contribution is -2.48. The highest BCUT2D eigenvalue weighted by Gasteiger charge is 2.48.